The lowest BCUT2D eigenvalue weighted by Gasteiger charge is -2.10. The van der Waals surface area contributed by atoms with E-state index < -0.39 is 19.9 Å². The Kier molecular flexibility index (Phi) is 4.49. The largest absolute Gasteiger partial charge is 0.277 e. The number of benzene rings is 2. The summed E-state index contributed by atoms with van der Waals surface area (Å²) in [5, 5.41) is 0.812. The van der Waals surface area contributed by atoms with Crippen LogP contribution in [0.4, 0.5) is 5.69 Å². The zero-order valence-electron chi connectivity index (χ0n) is 13.4. The van der Waals surface area contributed by atoms with Gasteiger partial charge in [-0.3, -0.25) is 9.71 Å². The van der Waals surface area contributed by atoms with Gasteiger partial charge in [0.05, 0.1) is 26.7 Å². The molecule has 2 aromatic carbocycles. The van der Waals surface area contributed by atoms with E-state index in [0.29, 0.717) is 11.2 Å². The van der Waals surface area contributed by atoms with Crippen LogP contribution in [0, 0.1) is 0 Å². The molecule has 25 heavy (non-hydrogen) atoms. The molecule has 1 heterocycles. The molecule has 130 valence electrons. The second-order valence-corrected chi connectivity index (χ2v) is 9.32. The number of sulfone groups is 1. The predicted octanol–water partition coefficient (Wildman–Crippen LogP) is 2.83. The Morgan fingerprint density at radius 3 is 2.20 bits per heavy atom. The predicted molar refractivity (Wildman–Crippen MR) is 96.7 cm³/mol. The number of sulfonamides is 1. The van der Waals surface area contributed by atoms with Crippen LogP contribution in [0.5, 0.6) is 0 Å². The fourth-order valence-electron chi connectivity index (χ4n) is 2.38. The summed E-state index contributed by atoms with van der Waals surface area (Å²) in [5.41, 5.74) is 0.905. The van der Waals surface area contributed by atoms with Crippen molar-refractivity contribution in [2.45, 2.75) is 16.7 Å². The lowest BCUT2D eigenvalue weighted by Crippen LogP contribution is -2.14. The summed E-state index contributed by atoms with van der Waals surface area (Å²) in [6.45, 7) is 1.54. The summed E-state index contributed by atoms with van der Waals surface area (Å²) in [6, 6.07) is 14.0. The van der Waals surface area contributed by atoms with Gasteiger partial charge in [0.2, 0.25) is 0 Å². The van der Waals surface area contributed by atoms with Crippen molar-refractivity contribution in [3.05, 3.63) is 60.8 Å². The molecule has 1 N–H and O–H groups in total. The molecule has 0 aliphatic carbocycles. The van der Waals surface area contributed by atoms with Crippen LogP contribution in [0.25, 0.3) is 10.9 Å². The summed E-state index contributed by atoms with van der Waals surface area (Å²) in [5.74, 6) is -0.0426. The summed E-state index contributed by atoms with van der Waals surface area (Å²) in [6.07, 6.45) is 1.59. The molecule has 3 rings (SSSR count). The van der Waals surface area contributed by atoms with Crippen molar-refractivity contribution in [1.82, 2.24) is 4.98 Å². The number of nitrogens with one attached hydrogen (secondary N) is 1. The maximum absolute atomic E-state index is 12.6. The standard InChI is InChI=1S/C17H16N2O4S2/c1-2-24(20,21)14-8-10-15(11-9-14)25(22,23)19-16-7-3-5-13-6-4-12-18-17(13)16/h3-12,19H,2H2,1H3. The van der Waals surface area contributed by atoms with Crippen molar-refractivity contribution in [2.75, 3.05) is 10.5 Å². The van der Waals surface area contributed by atoms with E-state index >= 15 is 0 Å². The van der Waals surface area contributed by atoms with E-state index in [0.717, 1.165) is 5.39 Å². The van der Waals surface area contributed by atoms with Gasteiger partial charge < -0.3 is 0 Å². The SMILES string of the molecule is CCS(=O)(=O)c1ccc(S(=O)(=O)Nc2cccc3cccnc23)cc1. The zero-order valence-corrected chi connectivity index (χ0v) is 15.0. The Balaban J connectivity index is 1.97. The van der Waals surface area contributed by atoms with E-state index in [4.69, 9.17) is 0 Å². The minimum Gasteiger partial charge on any atom is -0.277 e. The first-order valence-electron chi connectivity index (χ1n) is 7.53. The first-order valence-corrected chi connectivity index (χ1v) is 10.7. The first-order chi connectivity index (χ1) is 11.8. The van der Waals surface area contributed by atoms with Gasteiger partial charge in [-0.15, -0.1) is 0 Å². The molecule has 0 fully saturated rings. The van der Waals surface area contributed by atoms with Crippen LogP contribution < -0.4 is 4.72 Å². The highest BCUT2D eigenvalue weighted by atomic mass is 32.2. The monoisotopic (exact) mass is 376 g/mol. The molecule has 0 aliphatic rings. The number of para-hydroxylation sites is 1. The molecule has 8 heteroatoms. The van der Waals surface area contributed by atoms with Gasteiger partial charge in [0.1, 0.15) is 0 Å². The second-order valence-electron chi connectivity index (χ2n) is 5.36. The van der Waals surface area contributed by atoms with Crippen molar-refractivity contribution in [2.24, 2.45) is 0 Å². The zero-order chi connectivity index (χ0) is 18.1. The summed E-state index contributed by atoms with van der Waals surface area (Å²) in [7, 11) is -7.23. The van der Waals surface area contributed by atoms with Crippen molar-refractivity contribution < 1.29 is 16.8 Å². The molecule has 1 aromatic heterocycles. The minimum absolute atomic E-state index is 0.0181. The molecule has 0 aliphatic heterocycles. The molecule has 0 unspecified atom stereocenters. The molecule has 0 amide bonds. The van der Waals surface area contributed by atoms with Gasteiger partial charge in [0.15, 0.2) is 9.84 Å². The molecule has 0 bridgehead atoms. The number of aromatic nitrogens is 1. The molecular weight excluding hydrogens is 360 g/mol. The third-order valence-electron chi connectivity index (χ3n) is 3.75. The minimum atomic E-state index is -3.86. The fraction of sp³-hybridized carbons (Fsp3) is 0.118. The molecule has 6 nitrogen and oxygen atoms in total. The van der Waals surface area contributed by atoms with Crippen LogP contribution in [-0.2, 0) is 19.9 Å². The van der Waals surface area contributed by atoms with Crippen LogP contribution in [0.15, 0.2) is 70.6 Å². The second kappa shape index (κ2) is 6.45. The molecule has 3 aromatic rings. The van der Waals surface area contributed by atoms with Gasteiger partial charge in [0, 0.05) is 11.6 Å². The number of rotatable bonds is 5. The van der Waals surface area contributed by atoms with Crippen molar-refractivity contribution >= 4 is 36.5 Å². The topological polar surface area (TPSA) is 93.2 Å². The lowest BCUT2D eigenvalue weighted by atomic mass is 10.2. The van der Waals surface area contributed by atoms with Gasteiger partial charge in [-0.1, -0.05) is 25.1 Å². The maximum atomic E-state index is 12.6. The average molecular weight is 376 g/mol. The fourth-order valence-corrected chi connectivity index (χ4v) is 4.33. The van der Waals surface area contributed by atoms with Crippen LogP contribution in [0.3, 0.4) is 0 Å². The Morgan fingerprint density at radius 2 is 1.52 bits per heavy atom. The van der Waals surface area contributed by atoms with Gasteiger partial charge in [-0.25, -0.2) is 16.8 Å². The first kappa shape index (κ1) is 17.4. The molecule has 0 spiro atoms. The van der Waals surface area contributed by atoms with Gasteiger partial charge in [-0.2, -0.15) is 0 Å². The van der Waals surface area contributed by atoms with Crippen molar-refractivity contribution in [3.8, 4) is 0 Å². The van der Waals surface area contributed by atoms with E-state index in [2.05, 4.69) is 9.71 Å². The van der Waals surface area contributed by atoms with Crippen LogP contribution >= 0.6 is 0 Å². The van der Waals surface area contributed by atoms with Gasteiger partial charge >= 0.3 is 0 Å². The normalized spacial score (nSPS) is 12.2. The highest BCUT2D eigenvalue weighted by Gasteiger charge is 2.18. The van der Waals surface area contributed by atoms with E-state index in [1.807, 2.05) is 12.1 Å². The molecule has 0 saturated carbocycles. The van der Waals surface area contributed by atoms with E-state index in [9.17, 15) is 16.8 Å². The van der Waals surface area contributed by atoms with Gasteiger partial charge in [-0.05, 0) is 36.4 Å². The third-order valence-corrected chi connectivity index (χ3v) is 6.88. The number of hydrogen-bond donors (Lipinski definition) is 1. The molecule has 0 saturated heterocycles. The van der Waals surface area contributed by atoms with Crippen molar-refractivity contribution in [3.63, 3.8) is 0 Å². The molecular formula is C17H16N2O4S2. The number of pyridine rings is 1. The molecule has 0 atom stereocenters. The Hall–Kier alpha value is -2.45. The summed E-state index contributed by atoms with van der Waals surface area (Å²) in [4.78, 5) is 4.29. The number of nitrogens with zero attached hydrogens (tertiary/aromatic N) is 1. The smallest absolute Gasteiger partial charge is 0.261 e. The summed E-state index contributed by atoms with van der Waals surface area (Å²) < 4.78 is 51.3. The Morgan fingerprint density at radius 1 is 0.880 bits per heavy atom. The number of hydrogen-bond acceptors (Lipinski definition) is 5. The quantitative estimate of drug-likeness (QED) is 0.739. The highest BCUT2D eigenvalue weighted by Crippen LogP contribution is 2.24. The average Bonchev–Trinajstić information content (AvgIpc) is 2.62. The maximum Gasteiger partial charge on any atom is 0.261 e. The van der Waals surface area contributed by atoms with Crippen LogP contribution in [-0.4, -0.2) is 27.6 Å². The van der Waals surface area contributed by atoms with Gasteiger partial charge in [0.25, 0.3) is 10.0 Å². The third kappa shape index (κ3) is 3.49. The van der Waals surface area contributed by atoms with E-state index in [1.165, 1.54) is 31.2 Å². The number of fused-ring (bicyclic) bond motifs is 1. The Bertz CT molecular complexity index is 1120. The number of anilines is 1. The van der Waals surface area contributed by atoms with Crippen LogP contribution in [0.1, 0.15) is 6.92 Å². The molecule has 0 radical (unpaired) electrons. The van der Waals surface area contributed by atoms with E-state index in [1.54, 1.807) is 24.4 Å². The highest BCUT2D eigenvalue weighted by molar-refractivity contribution is 7.92. The van der Waals surface area contributed by atoms with Crippen molar-refractivity contribution in [1.29, 1.82) is 0 Å². The lowest BCUT2D eigenvalue weighted by molar-refractivity contribution is 0.595. The summed E-state index contributed by atoms with van der Waals surface area (Å²) >= 11 is 0. The Labute approximate surface area is 146 Å². The van der Waals surface area contributed by atoms with Crippen LogP contribution in [0.2, 0.25) is 0 Å². The van der Waals surface area contributed by atoms with E-state index in [-0.39, 0.29) is 15.5 Å².